The van der Waals surface area contributed by atoms with Crippen LogP contribution in [0.3, 0.4) is 0 Å². The lowest BCUT2D eigenvalue weighted by Crippen LogP contribution is -1.92. The van der Waals surface area contributed by atoms with E-state index in [2.05, 4.69) is 26.0 Å². The lowest BCUT2D eigenvalue weighted by Gasteiger charge is -2.11. The van der Waals surface area contributed by atoms with E-state index in [1.807, 2.05) is 12.1 Å². The maximum atomic E-state index is 5.30. The molecule has 0 aliphatic rings. The Labute approximate surface area is 97.9 Å². The van der Waals surface area contributed by atoms with Gasteiger partial charge in [-0.1, -0.05) is 26.0 Å². The molecule has 0 unspecified atom stereocenters. The number of benzene rings is 1. The number of ether oxygens (including phenoxy) is 2. The zero-order valence-electron chi connectivity index (χ0n) is 10.5. The lowest BCUT2D eigenvalue weighted by atomic mass is 10.0. The van der Waals surface area contributed by atoms with Crippen LogP contribution in [-0.4, -0.2) is 14.2 Å². The molecule has 0 N–H and O–H groups in total. The van der Waals surface area contributed by atoms with E-state index in [0.29, 0.717) is 0 Å². The highest BCUT2D eigenvalue weighted by Crippen LogP contribution is 2.31. The van der Waals surface area contributed by atoms with Gasteiger partial charge < -0.3 is 9.47 Å². The SMILES string of the molecule is CC/C=C(/CC)c1ccc(OC)c(OC)c1. The second-order valence-corrected chi connectivity index (χ2v) is 3.56. The maximum Gasteiger partial charge on any atom is 0.161 e. The summed E-state index contributed by atoms with van der Waals surface area (Å²) < 4.78 is 10.5. The zero-order valence-corrected chi connectivity index (χ0v) is 10.5. The Morgan fingerprint density at radius 3 is 2.31 bits per heavy atom. The fourth-order valence-electron chi connectivity index (χ4n) is 1.75. The summed E-state index contributed by atoms with van der Waals surface area (Å²) in [7, 11) is 3.32. The molecule has 88 valence electrons. The first-order chi connectivity index (χ1) is 7.76. The molecule has 2 nitrogen and oxygen atoms in total. The third-order valence-electron chi connectivity index (χ3n) is 2.59. The summed E-state index contributed by atoms with van der Waals surface area (Å²) in [5, 5.41) is 0. The number of methoxy groups -OCH3 is 2. The molecule has 0 aliphatic heterocycles. The van der Waals surface area contributed by atoms with Crippen LogP contribution in [-0.2, 0) is 0 Å². The van der Waals surface area contributed by atoms with Crippen molar-refractivity contribution >= 4 is 5.57 Å². The number of hydrogen-bond acceptors (Lipinski definition) is 2. The third kappa shape index (κ3) is 2.78. The average Bonchev–Trinajstić information content (AvgIpc) is 2.35. The average molecular weight is 220 g/mol. The van der Waals surface area contributed by atoms with Crippen molar-refractivity contribution in [2.75, 3.05) is 14.2 Å². The van der Waals surface area contributed by atoms with Gasteiger partial charge in [0.05, 0.1) is 14.2 Å². The highest BCUT2D eigenvalue weighted by molar-refractivity contribution is 5.67. The quantitative estimate of drug-likeness (QED) is 0.749. The van der Waals surface area contributed by atoms with Gasteiger partial charge in [-0.25, -0.2) is 0 Å². The van der Waals surface area contributed by atoms with E-state index in [0.717, 1.165) is 24.3 Å². The van der Waals surface area contributed by atoms with Gasteiger partial charge in [0.2, 0.25) is 0 Å². The van der Waals surface area contributed by atoms with Gasteiger partial charge in [-0.15, -0.1) is 0 Å². The van der Waals surface area contributed by atoms with Crippen molar-refractivity contribution in [3.8, 4) is 11.5 Å². The van der Waals surface area contributed by atoms with Crippen LogP contribution < -0.4 is 9.47 Å². The Hall–Kier alpha value is -1.44. The minimum atomic E-state index is 0.776. The molecular formula is C14H20O2. The van der Waals surface area contributed by atoms with Gasteiger partial charge >= 0.3 is 0 Å². The van der Waals surface area contributed by atoms with E-state index in [1.165, 1.54) is 11.1 Å². The molecule has 0 bridgehead atoms. The molecule has 1 aromatic carbocycles. The summed E-state index contributed by atoms with van der Waals surface area (Å²) in [6.45, 7) is 4.31. The predicted octanol–water partition coefficient (Wildman–Crippen LogP) is 3.91. The molecule has 0 fully saturated rings. The van der Waals surface area contributed by atoms with Gasteiger partial charge in [-0.3, -0.25) is 0 Å². The number of rotatable bonds is 5. The first kappa shape index (κ1) is 12.6. The van der Waals surface area contributed by atoms with Crippen LogP contribution in [0.15, 0.2) is 24.3 Å². The Balaban J connectivity index is 3.11. The monoisotopic (exact) mass is 220 g/mol. The molecule has 0 heterocycles. The molecule has 0 saturated carbocycles. The van der Waals surface area contributed by atoms with Crippen molar-refractivity contribution in [3.05, 3.63) is 29.8 Å². The van der Waals surface area contributed by atoms with Crippen molar-refractivity contribution in [3.63, 3.8) is 0 Å². The fourth-order valence-corrected chi connectivity index (χ4v) is 1.75. The lowest BCUT2D eigenvalue weighted by molar-refractivity contribution is 0.355. The Morgan fingerprint density at radius 2 is 1.81 bits per heavy atom. The summed E-state index contributed by atoms with van der Waals surface area (Å²) in [6.07, 6.45) is 4.34. The Morgan fingerprint density at radius 1 is 1.12 bits per heavy atom. The first-order valence-corrected chi connectivity index (χ1v) is 5.68. The van der Waals surface area contributed by atoms with Crippen molar-refractivity contribution in [2.24, 2.45) is 0 Å². The van der Waals surface area contributed by atoms with Gasteiger partial charge in [0.25, 0.3) is 0 Å². The highest BCUT2D eigenvalue weighted by Gasteiger charge is 2.06. The second kappa shape index (κ2) is 6.21. The normalized spacial score (nSPS) is 11.4. The number of allylic oxidation sites excluding steroid dienone is 2. The molecule has 0 aliphatic carbocycles. The standard InChI is InChI=1S/C14H20O2/c1-5-7-11(6-2)12-8-9-13(15-3)14(10-12)16-4/h7-10H,5-6H2,1-4H3/b11-7-. The largest absolute Gasteiger partial charge is 0.493 e. The van der Waals surface area contributed by atoms with Crippen LogP contribution in [0, 0.1) is 0 Å². The molecule has 1 aromatic rings. The minimum absolute atomic E-state index is 0.776. The summed E-state index contributed by atoms with van der Waals surface area (Å²) in [6, 6.07) is 6.06. The second-order valence-electron chi connectivity index (χ2n) is 3.56. The molecule has 0 spiro atoms. The molecule has 0 radical (unpaired) electrons. The van der Waals surface area contributed by atoms with Crippen molar-refractivity contribution in [2.45, 2.75) is 26.7 Å². The maximum absolute atomic E-state index is 5.30. The molecule has 2 heteroatoms. The van der Waals surface area contributed by atoms with Gasteiger partial charge in [-0.2, -0.15) is 0 Å². The smallest absolute Gasteiger partial charge is 0.161 e. The van der Waals surface area contributed by atoms with Gasteiger partial charge in [0, 0.05) is 0 Å². The minimum Gasteiger partial charge on any atom is -0.493 e. The third-order valence-corrected chi connectivity index (χ3v) is 2.59. The summed E-state index contributed by atoms with van der Waals surface area (Å²) in [5.74, 6) is 1.56. The van der Waals surface area contributed by atoms with E-state index >= 15 is 0 Å². The van der Waals surface area contributed by atoms with Crippen molar-refractivity contribution < 1.29 is 9.47 Å². The number of hydrogen-bond donors (Lipinski definition) is 0. The molecular weight excluding hydrogens is 200 g/mol. The van der Waals surface area contributed by atoms with Crippen molar-refractivity contribution in [1.82, 2.24) is 0 Å². The fraction of sp³-hybridized carbons (Fsp3) is 0.429. The van der Waals surface area contributed by atoms with Crippen LogP contribution >= 0.6 is 0 Å². The van der Waals surface area contributed by atoms with Crippen LogP contribution in [0.4, 0.5) is 0 Å². The summed E-state index contributed by atoms with van der Waals surface area (Å²) in [4.78, 5) is 0. The molecule has 0 amide bonds. The predicted molar refractivity (Wildman–Crippen MR) is 68.1 cm³/mol. The van der Waals surface area contributed by atoms with E-state index in [-0.39, 0.29) is 0 Å². The molecule has 1 rings (SSSR count). The molecule has 0 atom stereocenters. The topological polar surface area (TPSA) is 18.5 Å². The van der Waals surface area contributed by atoms with Crippen LogP contribution in [0.25, 0.3) is 5.57 Å². The van der Waals surface area contributed by atoms with Crippen LogP contribution in [0.2, 0.25) is 0 Å². The summed E-state index contributed by atoms with van der Waals surface area (Å²) >= 11 is 0. The molecule has 0 aromatic heterocycles. The van der Waals surface area contributed by atoms with Gasteiger partial charge in [0.15, 0.2) is 11.5 Å². The first-order valence-electron chi connectivity index (χ1n) is 5.68. The zero-order chi connectivity index (χ0) is 12.0. The van der Waals surface area contributed by atoms with E-state index in [4.69, 9.17) is 9.47 Å². The highest BCUT2D eigenvalue weighted by atomic mass is 16.5. The molecule has 0 saturated heterocycles. The Kier molecular flexibility index (Phi) is 4.90. The van der Waals surface area contributed by atoms with E-state index in [9.17, 15) is 0 Å². The van der Waals surface area contributed by atoms with E-state index < -0.39 is 0 Å². The van der Waals surface area contributed by atoms with E-state index in [1.54, 1.807) is 14.2 Å². The van der Waals surface area contributed by atoms with Gasteiger partial charge in [0.1, 0.15) is 0 Å². The Bertz CT molecular complexity index is 367. The molecule has 16 heavy (non-hydrogen) atoms. The van der Waals surface area contributed by atoms with Crippen LogP contribution in [0.5, 0.6) is 11.5 Å². The van der Waals surface area contributed by atoms with Crippen LogP contribution in [0.1, 0.15) is 32.3 Å². The van der Waals surface area contributed by atoms with Gasteiger partial charge in [-0.05, 0) is 36.1 Å². The summed E-state index contributed by atoms with van der Waals surface area (Å²) in [5.41, 5.74) is 2.56. The van der Waals surface area contributed by atoms with Crippen molar-refractivity contribution in [1.29, 1.82) is 0 Å².